The van der Waals surface area contributed by atoms with Crippen LogP contribution in [0.25, 0.3) is 10.7 Å². The van der Waals surface area contributed by atoms with E-state index in [1.807, 2.05) is 31.6 Å². The highest BCUT2D eigenvalue weighted by molar-refractivity contribution is 7.16. The summed E-state index contributed by atoms with van der Waals surface area (Å²) >= 11 is 1.15. The van der Waals surface area contributed by atoms with E-state index in [1.165, 1.54) is 0 Å². The molecule has 1 N–H and O–H groups in total. The van der Waals surface area contributed by atoms with Crippen molar-refractivity contribution in [2.75, 3.05) is 18.4 Å². The van der Waals surface area contributed by atoms with E-state index in [1.54, 1.807) is 29.7 Å². The summed E-state index contributed by atoms with van der Waals surface area (Å²) in [5.41, 5.74) is 0.654. The number of ether oxygens (including phenoxy) is 1. The molecular formula is C22H28N8O3S. The second-order valence-electron chi connectivity index (χ2n) is 9.21. The molecule has 0 radical (unpaired) electrons. The minimum absolute atomic E-state index is 0.122. The number of nitrogens with zero attached hydrogens (tertiary/aromatic N) is 7. The third-order valence-electron chi connectivity index (χ3n) is 5.55. The van der Waals surface area contributed by atoms with Gasteiger partial charge in [0, 0.05) is 31.7 Å². The van der Waals surface area contributed by atoms with Crippen LogP contribution in [-0.2, 0) is 4.74 Å². The highest BCUT2D eigenvalue weighted by Gasteiger charge is 2.30. The average Bonchev–Trinajstić information content (AvgIpc) is 3.48. The zero-order valence-electron chi connectivity index (χ0n) is 19.6. The molecule has 1 atom stereocenters. The number of carbonyl (C=O) groups is 2. The lowest BCUT2D eigenvalue weighted by Crippen LogP contribution is -2.42. The van der Waals surface area contributed by atoms with Gasteiger partial charge in [0.15, 0.2) is 5.01 Å². The molecule has 1 unspecified atom stereocenters. The van der Waals surface area contributed by atoms with Crippen molar-refractivity contribution < 1.29 is 14.3 Å². The van der Waals surface area contributed by atoms with Gasteiger partial charge in [0.05, 0.1) is 24.1 Å². The highest BCUT2D eigenvalue weighted by Crippen LogP contribution is 2.29. The van der Waals surface area contributed by atoms with Crippen LogP contribution >= 0.6 is 11.3 Å². The summed E-state index contributed by atoms with van der Waals surface area (Å²) in [6.07, 6.45) is 9.60. The van der Waals surface area contributed by atoms with Crippen LogP contribution in [0.4, 0.5) is 10.5 Å². The van der Waals surface area contributed by atoms with Gasteiger partial charge in [-0.25, -0.2) is 4.79 Å². The van der Waals surface area contributed by atoms with Crippen LogP contribution in [0.15, 0.2) is 31.0 Å². The van der Waals surface area contributed by atoms with Crippen molar-refractivity contribution in [1.82, 2.24) is 34.8 Å². The van der Waals surface area contributed by atoms with Crippen LogP contribution in [0.3, 0.4) is 0 Å². The SMILES string of the molecule is CC(C1CCN(C(=O)OC(C)(C)C)CC1)n1cc(NC(=O)c2nnc(-c3cnccn3)s2)cn1. The Balaban J connectivity index is 1.32. The number of rotatable bonds is 5. The Morgan fingerprint density at radius 1 is 1.18 bits per heavy atom. The number of hydrogen-bond acceptors (Lipinski definition) is 9. The fourth-order valence-electron chi connectivity index (χ4n) is 3.74. The largest absolute Gasteiger partial charge is 0.444 e. The summed E-state index contributed by atoms with van der Waals surface area (Å²) in [6.45, 7) is 9.02. The van der Waals surface area contributed by atoms with Crippen molar-refractivity contribution in [3.8, 4) is 10.7 Å². The van der Waals surface area contributed by atoms with Gasteiger partial charge in [-0.05, 0) is 46.5 Å². The lowest BCUT2D eigenvalue weighted by Gasteiger charge is -2.35. The molecule has 4 rings (SSSR count). The van der Waals surface area contributed by atoms with E-state index in [4.69, 9.17) is 4.74 Å². The predicted molar refractivity (Wildman–Crippen MR) is 126 cm³/mol. The third-order valence-corrected chi connectivity index (χ3v) is 6.50. The lowest BCUT2D eigenvalue weighted by molar-refractivity contribution is 0.0163. The van der Waals surface area contributed by atoms with E-state index in [2.05, 4.69) is 37.5 Å². The van der Waals surface area contributed by atoms with Crippen molar-refractivity contribution in [3.63, 3.8) is 0 Å². The molecule has 0 bridgehead atoms. The number of hydrogen-bond donors (Lipinski definition) is 1. The van der Waals surface area contributed by atoms with Crippen molar-refractivity contribution in [1.29, 1.82) is 0 Å². The number of amides is 2. The second-order valence-corrected chi connectivity index (χ2v) is 10.2. The summed E-state index contributed by atoms with van der Waals surface area (Å²) < 4.78 is 7.33. The molecule has 0 saturated carbocycles. The Labute approximate surface area is 201 Å². The lowest BCUT2D eigenvalue weighted by atomic mass is 9.90. The Hall–Kier alpha value is -3.41. The first-order chi connectivity index (χ1) is 16.2. The van der Waals surface area contributed by atoms with Crippen LogP contribution in [-0.4, -0.2) is 65.5 Å². The number of piperidine rings is 1. The molecule has 1 fully saturated rings. The van der Waals surface area contributed by atoms with Crippen LogP contribution < -0.4 is 5.32 Å². The van der Waals surface area contributed by atoms with Crippen LogP contribution in [0.5, 0.6) is 0 Å². The Morgan fingerprint density at radius 3 is 2.62 bits per heavy atom. The zero-order valence-corrected chi connectivity index (χ0v) is 20.4. The van der Waals surface area contributed by atoms with Gasteiger partial charge in [0.1, 0.15) is 11.3 Å². The fraction of sp³-hybridized carbons (Fsp3) is 0.500. The van der Waals surface area contributed by atoms with Crippen molar-refractivity contribution in [2.45, 2.75) is 52.2 Å². The molecule has 2 amide bonds. The molecule has 0 aromatic carbocycles. The molecule has 0 aliphatic carbocycles. The van der Waals surface area contributed by atoms with Gasteiger partial charge in [0.2, 0.25) is 5.01 Å². The summed E-state index contributed by atoms with van der Waals surface area (Å²) in [5.74, 6) is 0.00496. The minimum Gasteiger partial charge on any atom is -0.444 e. The number of anilines is 1. The molecule has 4 heterocycles. The van der Waals surface area contributed by atoms with Crippen LogP contribution in [0.1, 0.15) is 56.4 Å². The monoisotopic (exact) mass is 484 g/mol. The predicted octanol–water partition coefficient (Wildman–Crippen LogP) is 3.65. The van der Waals surface area contributed by atoms with Crippen LogP contribution in [0, 0.1) is 5.92 Å². The molecule has 3 aromatic heterocycles. The number of likely N-dealkylation sites (tertiary alicyclic amines) is 1. The topological polar surface area (TPSA) is 128 Å². The maximum Gasteiger partial charge on any atom is 0.410 e. The smallest absolute Gasteiger partial charge is 0.410 e. The third kappa shape index (κ3) is 5.74. The number of carbonyl (C=O) groups excluding carboxylic acids is 2. The number of aromatic nitrogens is 6. The van der Waals surface area contributed by atoms with Crippen molar-refractivity contribution >= 4 is 29.0 Å². The van der Waals surface area contributed by atoms with E-state index >= 15 is 0 Å². The first kappa shape index (κ1) is 23.7. The fourth-order valence-corrected chi connectivity index (χ4v) is 4.44. The summed E-state index contributed by atoms with van der Waals surface area (Å²) in [6, 6.07) is 0.122. The van der Waals surface area contributed by atoms with E-state index in [0.717, 1.165) is 24.2 Å². The summed E-state index contributed by atoms with van der Waals surface area (Å²) in [7, 11) is 0. The molecule has 1 saturated heterocycles. The molecule has 11 nitrogen and oxygen atoms in total. The molecule has 0 spiro atoms. The van der Waals surface area contributed by atoms with E-state index in [0.29, 0.717) is 35.4 Å². The molecule has 1 aliphatic rings. The Bertz CT molecular complexity index is 1130. The molecular weight excluding hydrogens is 456 g/mol. The molecule has 34 heavy (non-hydrogen) atoms. The standard InChI is InChI=1S/C22H28N8O3S/c1-14(15-5-9-29(10-6-15)21(32)33-22(2,3)4)30-13-16(11-25-30)26-18(31)20-28-27-19(34-20)17-12-23-7-8-24-17/h7-8,11-15H,5-6,9-10H2,1-4H3,(H,26,31). The number of nitrogens with one attached hydrogen (secondary N) is 1. The molecule has 180 valence electrons. The maximum absolute atomic E-state index is 12.6. The van der Waals surface area contributed by atoms with Crippen molar-refractivity contribution in [2.24, 2.45) is 5.92 Å². The first-order valence-corrected chi connectivity index (χ1v) is 11.9. The normalized spacial score (nSPS) is 15.7. The average molecular weight is 485 g/mol. The van der Waals surface area contributed by atoms with Gasteiger partial charge in [-0.1, -0.05) is 11.3 Å². The van der Waals surface area contributed by atoms with E-state index < -0.39 is 5.60 Å². The second kappa shape index (κ2) is 9.84. The summed E-state index contributed by atoms with van der Waals surface area (Å²) in [5, 5.41) is 16.0. The first-order valence-electron chi connectivity index (χ1n) is 11.1. The van der Waals surface area contributed by atoms with Gasteiger partial charge in [0.25, 0.3) is 5.91 Å². The van der Waals surface area contributed by atoms with E-state index in [-0.39, 0.29) is 23.0 Å². The Kier molecular flexibility index (Phi) is 6.87. The van der Waals surface area contributed by atoms with Gasteiger partial charge in [-0.15, -0.1) is 10.2 Å². The van der Waals surface area contributed by atoms with Gasteiger partial charge in [-0.3, -0.25) is 19.4 Å². The Morgan fingerprint density at radius 2 is 1.94 bits per heavy atom. The molecule has 3 aromatic rings. The van der Waals surface area contributed by atoms with Gasteiger partial charge in [-0.2, -0.15) is 5.10 Å². The van der Waals surface area contributed by atoms with E-state index in [9.17, 15) is 9.59 Å². The molecule has 12 heteroatoms. The highest BCUT2D eigenvalue weighted by atomic mass is 32.1. The van der Waals surface area contributed by atoms with Crippen LogP contribution in [0.2, 0.25) is 0 Å². The quantitative estimate of drug-likeness (QED) is 0.581. The zero-order chi connectivity index (χ0) is 24.3. The maximum atomic E-state index is 12.6. The summed E-state index contributed by atoms with van der Waals surface area (Å²) in [4.78, 5) is 34.9. The van der Waals surface area contributed by atoms with Crippen molar-refractivity contribution in [3.05, 3.63) is 36.0 Å². The minimum atomic E-state index is -0.497. The van der Waals surface area contributed by atoms with Gasteiger partial charge < -0.3 is 15.0 Å². The molecule has 1 aliphatic heterocycles. The van der Waals surface area contributed by atoms with Gasteiger partial charge >= 0.3 is 6.09 Å².